The minimum Gasteiger partial charge on any atom is -0.508 e. The Morgan fingerprint density at radius 3 is 2.37 bits per heavy atom. The minimum atomic E-state index is -0.372. The number of phenols is 1. The first-order valence-electron chi connectivity index (χ1n) is 15.2. The molecule has 0 radical (unpaired) electrons. The maximum atomic E-state index is 13.7. The Morgan fingerprint density at radius 2 is 1.70 bits per heavy atom. The summed E-state index contributed by atoms with van der Waals surface area (Å²) in [6, 6.07) is 19.7. The van der Waals surface area contributed by atoms with Crippen LogP contribution in [0.1, 0.15) is 59.4 Å². The summed E-state index contributed by atoms with van der Waals surface area (Å²) in [6.07, 6.45) is 4.55. The van der Waals surface area contributed by atoms with E-state index in [0.717, 1.165) is 35.1 Å². The molecular weight excluding hydrogens is 540 g/mol. The Hall–Kier alpha value is -4.43. The molecule has 0 atom stereocenters. The monoisotopic (exact) mass is 580 g/mol. The van der Waals surface area contributed by atoms with E-state index in [-0.39, 0.29) is 17.6 Å². The van der Waals surface area contributed by atoms with Crippen molar-refractivity contribution in [2.45, 2.75) is 39.5 Å². The van der Waals surface area contributed by atoms with Gasteiger partial charge in [0.2, 0.25) is 0 Å². The van der Waals surface area contributed by atoms with Crippen molar-refractivity contribution in [2.75, 3.05) is 45.2 Å². The van der Waals surface area contributed by atoms with Crippen molar-refractivity contribution in [1.29, 1.82) is 0 Å². The Morgan fingerprint density at radius 1 is 0.977 bits per heavy atom. The first-order valence-corrected chi connectivity index (χ1v) is 15.2. The van der Waals surface area contributed by atoms with Crippen molar-refractivity contribution in [2.24, 2.45) is 0 Å². The van der Waals surface area contributed by atoms with Crippen LogP contribution in [0.3, 0.4) is 0 Å². The number of benzene rings is 3. The summed E-state index contributed by atoms with van der Waals surface area (Å²) in [5.74, 6) is 0.827. The molecule has 3 aromatic carbocycles. The van der Waals surface area contributed by atoms with Crippen LogP contribution in [0.4, 0.5) is 5.82 Å². The normalized spacial score (nSPS) is 14.0. The highest BCUT2D eigenvalue weighted by molar-refractivity contribution is 6.10. The van der Waals surface area contributed by atoms with Gasteiger partial charge in [-0.15, -0.1) is 0 Å². The number of carbonyl (C=O) groups excluding carboxylic acids is 2. The number of amides is 2. The first-order chi connectivity index (χ1) is 20.9. The van der Waals surface area contributed by atoms with Crippen LogP contribution in [-0.4, -0.2) is 71.5 Å². The maximum absolute atomic E-state index is 13.7. The average Bonchev–Trinajstić information content (AvgIpc) is 3.70. The number of aromatic hydroxyl groups is 1. The summed E-state index contributed by atoms with van der Waals surface area (Å²) >= 11 is 0. The van der Waals surface area contributed by atoms with Crippen LogP contribution < -0.4 is 10.1 Å². The van der Waals surface area contributed by atoms with Crippen molar-refractivity contribution in [3.63, 3.8) is 0 Å². The number of likely N-dealkylation sites (tertiary alicyclic amines) is 1. The van der Waals surface area contributed by atoms with E-state index in [4.69, 9.17) is 4.74 Å². The Labute approximate surface area is 253 Å². The Bertz CT molecular complexity index is 1600. The topological polar surface area (TPSA) is 95.0 Å². The molecule has 0 saturated carbocycles. The number of phenolic OH excluding ortho intramolecular Hbond substituents is 1. The lowest BCUT2D eigenvalue weighted by atomic mass is 9.98. The smallest absolute Gasteiger partial charge is 0.256 e. The minimum absolute atomic E-state index is 0.0792. The summed E-state index contributed by atoms with van der Waals surface area (Å²) in [5.41, 5.74) is 4.71. The fourth-order valence-corrected chi connectivity index (χ4v) is 5.53. The standard InChI is InChI=1S/C30H29N3O4.C5H11N/c1-3-14-33(4-2)30(36)25-18-28(32-29(35)19-5-9-23(34)10-6-19)31-26-11-7-21(17-24(25)26)20-8-12-27-22(16-20)13-15-37-27;1-6-4-2-3-5-6/h5-12,16-18,34H,3-4,13-15H2,1-2H3,(H,31,32,35);2-5H2,1H3. The lowest BCUT2D eigenvalue weighted by Crippen LogP contribution is -2.31. The summed E-state index contributed by atoms with van der Waals surface area (Å²) in [4.78, 5) is 35.3. The van der Waals surface area contributed by atoms with Crippen molar-refractivity contribution >= 4 is 28.5 Å². The average molecular weight is 581 g/mol. The van der Waals surface area contributed by atoms with E-state index in [1.165, 1.54) is 55.8 Å². The van der Waals surface area contributed by atoms with Crippen LogP contribution in [0.5, 0.6) is 11.5 Å². The number of anilines is 1. The number of fused-ring (bicyclic) bond motifs is 2. The van der Waals surface area contributed by atoms with E-state index >= 15 is 0 Å². The van der Waals surface area contributed by atoms with E-state index in [0.29, 0.717) is 42.2 Å². The van der Waals surface area contributed by atoms with Crippen molar-refractivity contribution < 1.29 is 19.4 Å². The largest absolute Gasteiger partial charge is 0.508 e. The summed E-state index contributed by atoms with van der Waals surface area (Å²) in [7, 11) is 2.17. The van der Waals surface area contributed by atoms with Crippen molar-refractivity contribution in [1.82, 2.24) is 14.8 Å². The Balaban J connectivity index is 0.000000548. The molecule has 2 aliphatic rings. The number of carbonyl (C=O) groups is 2. The second-order valence-electron chi connectivity index (χ2n) is 11.1. The van der Waals surface area contributed by atoms with E-state index in [1.807, 2.05) is 44.2 Å². The van der Waals surface area contributed by atoms with Gasteiger partial charge in [0.05, 0.1) is 17.7 Å². The van der Waals surface area contributed by atoms with Crippen molar-refractivity contribution in [3.8, 4) is 22.6 Å². The highest BCUT2D eigenvalue weighted by Crippen LogP contribution is 2.33. The van der Waals surface area contributed by atoms with E-state index in [2.05, 4.69) is 28.3 Å². The number of nitrogens with zero attached hydrogens (tertiary/aromatic N) is 3. The molecule has 1 aromatic heterocycles. The molecule has 43 heavy (non-hydrogen) atoms. The van der Waals surface area contributed by atoms with Gasteiger partial charge in [0.1, 0.15) is 17.3 Å². The van der Waals surface area contributed by atoms with Crippen molar-refractivity contribution in [3.05, 3.63) is 83.4 Å². The van der Waals surface area contributed by atoms with Gasteiger partial charge in [0, 0.05) is 30.5 Å². The molecule has 2 amide bonds. The van der Waals surface area contributed by atoms with Gasteiger partial charge in [-0.3, -0.25) is 9.59 Å². The number of pyridine rings is 1. The number of aromatic nitrogens is 1. The fourth-order valence-electron chi connectivity index (χ4n) is 5.53. The SMILES string of the molecule is CCCN(CC)C(=O)c1cc(NC(=O)c2ccc(O)cc2)nc2ccc(-c3ccc4c(c3)CCO4)cc12.CN1CCCC1. The number of rotatable bonds is 7. The highest BCUT2D eigenvalue weighted by Gasteiger charge is 2.20. The molecule has 2 aliphatic heterocycles. The second kappa shape index (κ2) is 13.7. The van der Waals surface area contributed by atoms with Gasteiger partial charge in [-0.05, 0) is 118 Å². The maximum Gasteiger partial charge on any atom is 0.256 e. The lowest BCUT2D eigenvalue weighted by molar-refractivity contribution is 0.0766. The van der Waals surface area contributed by atoms with Gasteiger partial charge >= 0.3 is 0 Å². The molecule has 0 bridgehead atoms. The van der Waals surface area contributed by atoms with Crippen LogP contribution in [-0.2, 0) is 6.42 Å². The van der Waals surface area contributed by atoms with Crippen LogP contribution in [0, 0.1) is 0 Å². The molecule has 6 rings (SSSR count). The van der Waals surface area contributed by atoms with Gasteiger partial charge < -0.3 is 25.0 Å². The van der Waals surface area contributed by atoms with E-state index in [9.17, 15) is 14.7 Å². The second-order valence-corrected chi connectivity index (χ2v) is 11.1. The molecule has 1 saturated heterocycles. The van der Waals surface area contributed by atoms with E-state index < -0.39 is 0 Å². The molecule has 8 heteroatoms. The molecule has 0 unspecified atom stereocenters. The summed E-state index contributed by atoms with van der Waals surface area (Å²) < 4.78 is 5.65. The molecular formula is C35H40N4O4. The number of hydrogen-bond acceptors (Lipinski definition) is 6. The third-order valence-electron chi connectivity index (χ3n) is 7.93. The molecule has 2 N–H and O–H groups in total. The van der Waals surface area contributed by atoms with E-state index in [1.54, 1.807) is 11.0 Å². The van der Waals surface area contributed by atoms with Gasteiger partial charge in [-0.25, -0.2) is 4.98 Å². The zero-order chi connectivity index (χ0) is 30.3. The van der Waals surface area contributed by atoms with Gasteiger partial charge in [-0.1, -0.05) is 19.1 Å². The quantitative estimate of drug-likeness (QED) is 0.264. The van der Waals surface area contributed by atoms with Crippen LogP contribution >= 0.6 is 0 Å². The number of hydrogen-bond donors (Lipinski definition) is 2. The van der Waals surface area contributed by atoms with Crippen LogP contribution in [0.25, 0.3) is 22.0 Å². The molecule has 224 valence electrons. The molecule has 0 spiro atoms. The van der Waals surface area contributed by atoms with Crippen LogP contribution in [0.2, 0.25) is 0 Å². The number of nitrogens with one attached hydrogen (secondary N) is 1. The lowest BCUT2D eigenvalue weighted by Gasteiger charge is -2.21. The molecule has 3 heterocycles. The summed E-state index contributed by atoms with van der Waals surface area (Å²) in [6.45, 7) is 8.55. The van der Waals surface area contributed by atoms with Gasteiger partial charge in [0.15, 0.2) is 0 Å². The third-order valence-corrected chi connectivity index (χ3v) is 7.93. The third kappa shape index (κ3) is 7.14. The number of ether oxygens (including phenoxy) is 1. The van der Waals surface area contributed by atoms with Gasteiger partial charge in [0.25, 0.3) is 11.8 Å². The molecule has 8 nitrogen and oxygen atoms in total. The van der Waals surface area contributed by atoms with Crippen LogP contribution in [0.15, 0.2) is 66.7 Å². The highest BCUT2D eigenvalue weighted by atomic mass is 16.5. The molecule has 4 aromatic rings. The van der Waals surface area contributed by atoms with Gasteiger partial charge in [-0.2, -0.15) is 0 Å². The first kappa shape index (κ1) is 30.0. The zero-order valence-electron chi connectivity index (χ0n) is 25.2. The Kier molecular flexibility index (Phi) is 9.57. The predicted molar refractivity (Wildman–Crippen MR) is 171 cm³/mol. The zero-order valence-corrected chi connectivity index (χ0v) is 25.2. The molecule has 1 fully saturated rings. The fraction of sp³-hybridized carbons (Fsp3) is 0.343. The predicted octanol–water partition coefficient (Wildman–Crippen LogP) is 6.38. The summed E-state index contributed by atoms with van der Waals surface area (Å²) in [5, 5.41) is 13.1. The molecule has 0 aliphatic carbocycles.